The van der Waals surface area contributed by atoms with Gasteiger partial charge in [0, 0.05) is 0 Å². The zero-order chi connectivity index (χ0) is 13.9. The minimum absolute atomic E-state index is 0.158. The Morgan fingerprint density at radius 2 is 1.79 bits per heavy atom. The van der Waals surface area contributed by atoms with Crippen molar-refractivity contribution in [3.8, 4) is 5.75 Å². The minimum Gasteiger partial charge on any atom is -0.487 e. The molecule has 19 heavy (non-hydrogen) atoms. The zero-order valence-corrected chi connectivity index (χ0v) is 10.8. The van der Waals surface area contributed by atoms with Crippen LogP contribution in [0.1, 0.15) is 5.56 Å². The molecule has 0 fully saturated rings. The summed E-state index contributed by atoms with van der Waals surface area (Å²) in [7, 11) is -4.24. The van der Waals surface area contributed by atoms with Gasteiger partial charge in [0.25, 0.3) is 10.1 Å². The number of hydrogen-bond donors (Lipinski definition) is 2. The van der Waals surface area contributed by atoms with Crippen molar-refractivity contribution in [1.82, 2.24) is 0 Å². The summed E-state index contributed by atoms with van der Waals surface area (Å²) < 4.78 is 36.2. The van der Waals surface area contributed by atoms with Crippen molar-refractivity contribution in [1.29, 1.82) is 0 Å². The van der Waals surface area contributed by atoms with Gasteiger partial charge in [0.2, 0.25) is 0 Å². The average Bonchev–Trinajstić information content (AvgIpc) is 2.37. The lowest BCUT2D eigenvalue weighted by atomic mass is 10.2. The van der Waals surface area contributed by atoms with E-state index < -0.39 is 10.1 Å². The van der Waals surface area contributed by atoms with Crippen LogP contribution in [0.15, 0.2) is 53.4 Å². The Bertz CT molecular complexity index is 668. The van der Waals surface area contributed by atoms with Gasteiger partial charge in [-0.25, -0.2) is 0 Å². The van der Waals surface area contributed by atoms with Gasteiger partial charge in [-0.05, 0) is 23.8 Å². The van der Waals surface area contributed by atoms with E-state index in [-0.39, 0.29) is 10.6 Å². The lowest BCUT2D eigenvalue weighted by Gasteiger charge is -2.09. The van der Waals surface area contributed by atoms with E-state index >= 15 is 0 Å². The van der Waals surface area contributed by atoms with Crippen LogP contribution in [0, 0.1) is 0 Å². The molecule has 0 aliphatic carbocycles. The first kappa shape index (κ1) is 13.4. The Balaban J connectivity index is 2.14. The number of rotatable bonds is 4. The second-order valence-corrected chi connectivity index (χ2v) is 5.37. The van der Waals surface area contributed by atoms with E-state index in [9.17, 15) is 8.42 Å². The number of nitrogens with two attached hydrogens (primary N) is 1. The van der Waals surface area contributed by atoms with Crippen LogP contribution in [0.3, 0.4) is 0 Å². The number of benzene rings is 2. The molecule has 100 valence electrons. The highest BCUT2D eigenvalue weighted by Gasteiger charge is 2.11. The predicted molar refractivity (Wildman–Crippen MR) is 71.4 cm³/mol. The van der Waals surface area contributed by atoms with Gasteiger partial charge in [0.05, 0.1) is 10.6 Å². The molecular formula is C13H13NO4S. The highest BCUT2D eigenvalue weighted by molar-refractivity contribution is 7.85. The monoisotopic (exact) mass is 279 g/mol. The second kappa shape index (κ2) is 5.29. The highest BCUT2D eigenvalue weighted by Crippen LogP contribution is 2.25. The fraction of sp³-hybridized carbons (Fsp3) is 0.0769. The smallest absolute Gasteiger partial charge is 0.294 e. The van der Waals surface area contributed by atoms with Crippen molar-refractivity contribution in [2.75, 3.05) is 5.73 Å². The van der Waals surface area contributed by atoms with Crippen LogP contribution in [-0.4, -0.2) is 13.0 Å². The summed E-state index contributed by atoms with van der Waals surface area (Å²) in [4.78, 5) is -0.253. The van der Waals surface area contributed by atoms with Crippen LogP contribution >= 0.6 is 0 Å². The van der Waals surface area contributed by atoms with E-state index in [4.69, 9.17) is 15.0 Å². The van der Waals surface area contributed by atoms with Crippen LogP contribution in [-0.2, 0) is 16.7 Å². The third-order valence-corrected chi connectivity index (χ3v) is 3.37. The van der Waals surface area contributed by atoms with Gasteiger partial charge in [0.15, 0.2) is 0 Å². The van der Waals surface area contributed by atoms with Gasteiger partial charge in [0.1, 0.15) is 12.4 Å². The molecule has 0 amide bonds. The molecule has 2 aromatic rings. The van der Waals surface area contributed by atoms with Crippen molar-refractivity contribution < 1.29 is 17.7 Å². The molecule has 0 radical (unpaired) electrons. The summed E-state index contributed by atoms with van der Waals surface area (Å²) in [5, 5.41) is 0. The van der Waals surface area contributed by atoms with Gasteiger partial charge in [-0.1, -0.05) is 30.3 Å². The molecule has 0 aliphatic rings. The van der Waals surface area contributed by atoms with Crippen molar-refractivity contribution in [3.63, 3.8) is 0 Å². The number of hydrogen-bond acceptors (Lipinski definition) is 4. The maximum Gasteiger partial charge on any atom is 0.294 e. The Morgan fingerprint density at radius 3 is 2.37 bits per heavy atom. The Hall–Kier alpha value is -2.05. The van der Waals surface area contributed by atoms with Gasteiger partial charge >= 0.3 is 0 Å². The molecule has 0 bridgehead atoms. The van der Waals surface area contributed by atoms with Gasteiger partial charge in [-0.3, -0.25) is 4.55 Å². The summed E-state index contributed by atoms with van der Waals surface area (Å²) in [5.41, 5.74) is 6.81. The molecule has 6 heteroatoms. The zero-order valence-electron chi connectivity index (χ0n) is 9.98. The third-order valence-electron chi connectivity index (χ3n) is 2.52. The molecule has 0 aromatic heterocycles. The Labute approximate surface area is 111 Å². The molecule has 0 saturated heterocycles. The molecule has 0 spiro atoms. The molecule has 0 unspecified atom stereocenters. The van der Waals surface area contributed by atoms with Crippen LogP contribution in [0.2, 0.25) is 0 Å². The number of nitrogen functional groups attached to an aromatic ring is 1. The van der Waals surface area contributed by atoms with Crippen molar-refractivity contribution in [2.45, 2.75) is 11.5 Å². The lowest BCUT2D eigenvalue weighted by molar-refractivity contribution is 0.308. The third kappa shape index (κ3) is 3.46. The Morgan fingerprint density at radius 1 is 1.11 bits per heavy atom. The van der Waals surface area contributed by atoms with Gasteiger partial charge in [-0.15, -0.1) is 0 Å². The molecule has 0 aliphatic heterocycles. The first-order valence-corrected chi connectivity index (χ1v) is 6.94. The van der Waals surface area contributed by atoms with E-state index in [0.717, 1.165) is 11.6 Å². The van der Waals surface area contributed by atoms with E-state index in [1.807, 2.05) is 30.3 Å². The van der Waals surface area contributed by atoms with E-state index in [0.29, 0.717) is 12.4 Å². The van der Waals surface area contributed by atoms with Crippen LogP contribution in [0.4, 0.5) is 5.69 Å². The summed E-state index contributed by atoms with van der Waals surface area (Å²) >= 11 is 0. The summed E-state index contributed by atoms with van der Waals surface area (Å²) in [5.74, 6) is 0.372. The fourth-order valence-corrected chi connectivity index (χ4v) is 2.07. The van der Waals surface area contributed by atoms with Crippen molar-refractivity contribution >= 4 is 15.8 Å². The molecule has 5 nitrogen and oxygen atoms in total. The van der Waals surface area contributed by atoms with Crippen molar-refractivity contribution in [3.05, 3.63) is 54.1 Å². The topological polar surface area (TPSA) is 89.6 Å². The number of anilines is 1. The average molecular weight is 279 g/mol. The van der Waals surface area contributed by atoms with Crippen LogP contribution in [0.25, 0.3) is 0 Å². The predicted octanol–water partition coefficient (Wildman–Crippen LogP) is 2.09. The first-order chi connectivity index (χ1) is 8.97. The second-order valence-electron chi connectivity index (χ2n) is 3.95. The molecule has 0 atom stereocenters. The fourth-order valence-electron chi connectivity index (χ4n) is 1.55. The van der Waals surface area contributed by atoms with Crippen molar-refractivity contribution in [2.24, 2.45) is 0 Å². The van der Waals surface area contributed by atoms with E-state index in [2.05, 4.69) is 0 Å². The first-order valence-electron chi connectivity index (χ1n) is 5.50. The van der Waals surface area contributed by atoms with Gasteiger partial charge in [-0.2, -0.15) is 8.42 Å². The molecule has 3 N–H and O–H groups in total. The highest BCUT2D eigenvalue weighted by atomic mass is 32.2. The molecule has 2 aromatic carbocycles. The summed E-state index contributed by atoms with van der Waals surface area (Å²) in [6, 6.07) is 13.3. The maximum absolute atomic E-state index is 10.9. The molecule has 0 heterocycles. The molecular weight excluding hydrogens is 266 g/mol. The molecule has 0 saturated carbocycles. The van der Waals surface area contributed by atoms with E-state index in [1.165, 1.54) is 12.1 Å². The Kier molecular flexibility index (Phi) is 3.73. The normalized spacial score (nSPS) is 11.2. The summed E-state index contributed by atoms with van der Waals surface area (Å²) in [6.45, 7) is 0.330. The van der Waals surface area contributed by atoms with Crippen LogP contribution < -0.4 is 10.5 Å². The number of ether oxygens (including phenoxy) is 1. The quantitative estimate of drug-likeness (QED) is 0.660. The standard InChI is InChI=1S/C13H13NO4S/c14-12-8-11(19(15,16)17)6-7-13(12)18-9-10-4-2-1-3-5-10/h1-8H,9,14H2,(H,15,16,17). The largest absolute Gasteiger partial charge is 0.487 e. The SMILES string of the molecule is Nc1cc(S(=O)(=O)O)ccc1OCc1ccccc1. The van der Waals surface area contributed by atoms with Crippen LogP contribution in [0.5, 0.6) is 5.75 Å². The minimum atomic E-state index is -4.24. The lowest BCUT2D eigenvalue weighted by Crippen LogP contribution is -2.02. The molecule has 2 rings (SSSR count). The summed E-state index contributed by atoms with van der Waals surface area (Å²) in [6.07, 6.45) is 0. The van der Waals surface area contributed by atoms with E-state index in [1.54, 1.807) is 0 Å². The van der Waals surface area contributed by atoms with Gasteiger partial charge < -0.3 is 10.5 Å². The maximum atomic E-state index is 10.9.